The first-order chi connectivity index (χ1) is 9.61. The van der Waals surface area contributed by atoms with Crippen molar-refractivity contribution in [3.8, 4) is 10.6 Å². The Kier molecular flexibility index (Phi) is 4.90. The molecule has 1 aromatic carbocycles. The molecule has 0 atom stereocenters. The summed E-state index contributed by atoms with van der Waals surface area (Å²) < 4.78 is 4.93. The van der Waals surface area contributed by atoms with Gasteiger partial charge in [-0.15, -0.1) is 11.3 Å². The predicted octanol–water partition coefficient (Wildman–Crippen LogP) is 3.92. The minimum Gasteiger partial charge on any atom is -0.466 e. The molecule has 0 saturated carbocycles. The zero-order valence-electron chi connectivity index (χ0n) is 12.1. The highest BCUT2D eigenvalue weighted by Gasteiger charge is 2.11. The predicted molar refractivity (Wildman–Crippen MR) is 82.0 cm³/mol. The van der Waals surface area contributed by atoms with Crippen molar-refractivity contribution in [1.82, 2.24) is 4.98 Å². The second-order valence-corrected chi connectivity index (χ2v) is 5.57. The van der Waals surface area contributed by atoms with Gasteiger partial charge in [-0.05, 0) is 31.9 Å². The van der Waals surface area contributed by atoms with E-state index in [2.05, 4.69) is 37.0 Å². The van der Waals surface area contributed by atoms with Crippen LogP contribution in [0.5, 0.6) is 0 Å². The molecule has 0 aliphatic carbocycles. The van der Waals surface area contributed by atoms with Crippen LogP contribution < -0.4 is 0 Å². The summed E-state index contributed by atoms with van der Waals surface area (Å²) in [6, 6.07) is 6.26. The number of thiazole rings is 1. The summed E-state index contributed by atoms with van der Waals surface area (Å²) >= 11 is 1.63. The van der Waals surface area contributed by atoms with Crippen LogP contribution >= 0.6 is 11.3 Å². The Hall–Kier alpha value is -1.68. The van der Waals surface area contributed by atoms with Gasteiger partial charge in [0.05, 0.1) is 18.7 Å². The molecule has 0 aliphatic rings. The fraction of sp³-hybridized carbons (Fsp3) is 0.375. The van der Waals surface area contributed by atoms with Gasteiger partial charge < -0.3 is 4.74 Å². The molecule has 0 amide bonds. The fourth-order valence-corrected chi connectivity index (χ4v) is 3.18. The Balaban J connectivity index is 2.11. The molecular weight excluding hydrogens is 270 g/mol. The number of rotatable bonds is 5. The van der Waals surface area contributed by atoms with Crippen LogP contribution in [-0.4, -0.2) is 17.6 Å². The summed E-state index contributed by atoms with van der Waals surface area (Å²) in [7, 11) is 0. The maximum absolute atomic E-state index is 11.4. The van der Waals surface area contributed by atoms with Crippen LogP contribution in [-0.2, 0) is 16.0 Å². The average Bonchev–Trinajstić information content (AvgIpc) is 2.85. The molecule has 0 radical (unpaired) electrons. The van der Waals surface area contributed by atoms with E-state index >= 15 is 0 Å². The third-order valence-electron chi connectivity index (χ3n) is 3.14. The molecule has 2 aromatic rings. The van der Waals surface area contributed by atoms with Crippen molar-refractivity contribution in [3.05, 3.63) is 40.4 Å². The summed E-state index contributed by atoms with van der Waals surface area (Å²) in [6.45, 7) is 6.45. The average molecular weight is 289 g/mol. The standard InChI is InChI=1S/C16H19NO2S/c1-4-19-14(18)9-8-13-10-20-16(17-13)15-11(2)6-5-7-12(15)3/h5-7,10H,4,8-9H2,1-3H3. The van der Waals surface area contributed by atoms with E-state index in [1.54, 1.807) is 11.3 Å². The quantitative estimate of drug-likeness (QED) is 0.783. The van der Waals surface area contributed by atoms with Crippen molar-refractivity contribution < 1.29 is 9.53 Å². The van der Waals surface area contributed by atoms with E-state index in [0.717, 1.165) is 10.7 Å². The van der Waals surface area contributed by atoms with Gasteiger partial charge in [-0.1, -0.05) is 18.2 Å². The Morgan fingerprint density at radius 1 is 1.30 bits per heavy atom. The second kappa shape index (κ2) is 6.66. The van der Waals surface area contributed by atoms with Gasteiger partial charge in [0.1, 0.15) is 5.01 Å². The molecule has 0 aliphatic heterocycles. The van der Waals surface area contributed by atoms with Gasteiger partial charge in [0, 0.05) is 17.4 Å². The first-order valence-electron chi connectivity index (χ1n) is 6.78. The van der Waals surface area contributed by atoms with Gasteiger partial charge in [-0.3, -0.25) is 4.79 Å². The molecule has 1 heterocycles. The third-order valence-corrected chi connectivity index (χ3v) is 4.05. The maximum atomic E-state index is 11.4. The second-order valence-electron chi connectivity index (χ2n) is 4.72. The summed E-state index contributed by atoms with van der Waals surface area (Å²) in [5.74, 6) is -0.158. The van der Waals surface area contributed by atoms with Gasteiger partial charge in [-0.2, -0.15) is 0 Å². The molecule has 4 heteroatoms. The van der Waals surface area contributed by atoms with Crippen LogP contribution in [0.15, 0.2) is 23.6 Å². The summed E-state index contributed by atoms with van der Waals surface area (Å²) in [4.78, 5) is 16.0. The minimum absolute atomic E-state index is 0.158. The molecule has 2 rings (SSSR count). The molecule has 1 aromatic heterocycles. The van der Waals surface area contributed by atoms with Crippen molar-refractivity contribution in [1.29, 1.82) is 0 Å². The lowest BCUT2D eigenvalue weighted by atomic mass is 10.0. The number of aryl methyl sites for hydroxylation is 3. The number of ether oxygens (including phenoxy) is 1. The Morgan fingerprint density at radius 3 is 2.65 bits per heavy atom. The number of carbonyl (C=O) groups is 1. The molecule has 3 nitrogen and oxygen atoms in total. The van der Waals surface area contributed by atoms with Crippen LogP contribution in [0.1, 0.15) is 30.2 Å². The number of aromatic nitrogens is 1. The van der Waals surface area contributed by atoms with Gasteiger partial charge in [0.15, 0.2) is 0 Å². The minimum atomic E-state index is -0.158. The van der Waals surface area contributed by atoms with Crippen LogP contribution in [0, 0.1) is 13.8 Å². The normalized spacial score (nSPS) is 10.6. The third kappa shape index (κ3) is 3.45. The molecule has 0 unspecified atom stereocenters. The van der Waals surface area contributed by atoms with Crippen molar-refractivity contribution >= 4 is 17.3 Å². The first kappa shape index (κ1) is 14.7. The van der Waals surface area contributed by atoms with E-state index in [0.29, 0.717) is 19.4 Å². The van der Waals surface area contributed by atoms with E-state index in [4.69, 9.17) is 4.74 Å². The van der Waals surface area contributed by atoms with Crippen molar-refractivity contribution in [2.24, 2.45) is 0 Å². The van der Waals surface area contributed by atoms with Gasteiger partial charge in [-0.25, -0.2) is 4.98 Å². The molecule has 0 fully saturated rings. The van der Waals surface area contributed by atoms with Crippen molar-refractivity contribution in [3.63, 3.8) is 0 Å². The lowest BCUT2D eigenvalue weighted by Gasteiger charge is -2.05. The number of nitrogens with zero attached hydrogens (tertiary/aromatic N) is 1. The van der Waals surface area contributed by atoms with Crippen molar-refractivity contribution in [2.45, 2.75) is 33.6 Å². The number of hydrogen-bond acceptors (Lipinski definition) is 4. The number of benzene rings is 1. The molecule has 0 bridgehead atoms. The Labute approximate surface area is 123 Å². The molecule has 0 N–H and O–H groups in total. The Bertz CT molecular complexity index is 584. The molecular formula is C16H19NO2S. The van der Waals surface area contributed by atoms with Gasteiger partial charge >= 0.3 is 5.97 Å². The van der Waals surface area contributed by atoms with Crippen LogP contribution in [0.25, 0.3) is 10.6 Å². The van der Waals surface area contributed by atoms with Crippen LogP contribution in [0.3, 0.4) is 0 Å². The van der Waals surface area contributed by atoms with Crippen LogP contribution in [0.2, 0.25) is 0 Å². The lowest BCUT2D eigenvalue weighted by molar-refractivity contribution is -0.143. The zero-order chi connectivity index (χ0) is 14.5. The molecule has 106 valence electrons. The largest absolute Gasteiger partial charge is 0.466 e. The van der Waals surface area contributed by atoms with E-state index in [9.17, 15) is 4.79 Å². The lowest BCUT2D eigenvalue weighted by Crippen LogP contribution is -2.05. The number of esters is 1. The fourth-order valence-electron chi connectivity index (χ4n) is 2.15. The highest BCUT2D eigenvalue weighted by Crippen LogP contribution is 2.30. The first-order valence-corrected chi connectivity index (χ1v) is 7.66. The molecule has 0 spiro atoms. The molecule has 0 saturated heterocycles. The van der Waals surface area contributed by atoms with Gasteiger partial charge in [0.25, 0.3) is 0 Å². The Morgan fingerprint density at radius 2 is 2.00 bits per heavy atom. The zero-order valence-corrected chi connectivity index (χ0v) is 12.9. The van der Waals surface area contributed by atoms with Crippen molar-refractivity contribution in [2.75, 3.05) is 6.61 Å². The van der Waals surface area contributed by atoms with Crippen LogP contribution in [0.4, 0.5) is 0 Å². The summed E-state index contributed by atoms with van der Waals surface area (Å²) in [5, 5.41) is 3.06. The SMILES string of the molecule is CCOC(=O)CCc1csc(-c2c(C)cccc2C)n1. The monoisotopic (exact) mass is 289 g/mol. The summed E-state index contributed by atoms with van der Waals surface area (Å²) in [5.41, 5.74) is 4.63. The number of carbonyl (C=O) groups excluding carboxylic acids is 1. The smallest absolute Gasteiger partial charge is 0.306 e. The molecule has 20 heavy (non-hydrogen) atoms. The topological polar surface area (TPSA) is 39.2 Å². The van der Waals surface area contributed by atoms with E-state index in [1.807, 2.05) is 12.3 Å². The van der Waals surface area contributed by atoms with Gasteiger partial charge in [0.2, 0.25) is 0 Å². The summed E-state index contributed by atoms with van der Waals surface area (Å²) in [6.07, 6.45) is 1.03. The van der Waals surface area contributed by atoms with E-state index < -0.39 is 0 Å². The highest BCUT2D eigenvalue weighted by atomic mass is 32.1. The van der Waals surface area contributed by atoms with E-state index in [-0.39, 0.29) is 5.97 Å². The van der Waals surface area contributed by atoms with E-state index in [1.165, 1.54) is 16.7 Å². The maximum Gasteiger partial charge on any atom is 0.306 e. The number of hydrogen-bond donors (Lipinski definition) is 0. The highest BCUT2D eigenvalue weighted by molar-refractivity contribution is 7.13.